The van der Waals surface area contributed by atoms with Gasteiger partial charge in [-0.2, -0.15) is 0 Å². The molecule has 0 atom stereocenters. The van der Waals surface area contributed by atoms with Crippen molar-refractivity contribution in [1.29, 1.82) is 0 Å². The fourth-order valence-electron chi connectivity index (χ4n) is 2.77. The third-order valence-electron chi connectivity index (χ3n) is 4.00. The third kappa shape index (κ3) is 3.02. The fourth-order valence-corrected chi connectivity index (χ4v) is 3.43. The number of nitro benzene ring substituents is 1. The molecule has 4 aromatic carbocycles. The minimum Gasteiger partial charge on any atom is -0.413 e. The van der Waals surface area contributed by atoms with Gasteiger partial charge in [-0.1, -0.05) is 54.6 Å². The van der Waals surface area contributed by atoms with Gasteiger partial charge < -0.3 is 4.18 Å². The van der Waals surface area contributed by atoms with E-state index < -0.39 is 4.92 Å². The number of fused-ring (bicyclic) bond motifs is 2. The molecule has 0 spiro atoms. The molecular formula is C20H13NO3S. The first-order valence-electron chi connectivity index (χ1n) is 7.72. The maximum absolute atomic E-state index is 11.4. The average molecular weight is 347 g/mol. The lowest BCUT2D eigenvalue weighted by atomic mass is 10.1. The molecule has 25 heavy (non-hydrogen) atoms. The molecule has 0 unspecified atom stereocenters. The van der Waals surface area contributed by atoms with Crippen molar-refractivity contribution >= 4 is 39.3 Å². The van der Waals surface area contributed by atoms with Gasteiger partial charge in [-0.15, -0.1) is 0 Å². The Morgan fingerprint density at radius 1 is 0.800 bits per heavy atom. The standard InChI is InChI=1S/C20H13NO3S/c22-21(23)19-12-10-15-6-3-4-8-18(15)20(19)24-25-17-11-9-14-5-1-2-7-16(14)13-17/h1-13H. The summed E-state index contributed by atoms with van der Waals surface area (Å²) in [6.45, 7) is 0. The van der Waals surface area contributed by atoms with E-state index in [9.17, 15) is 10.1 Å². The summed E-state index contributed by atoms with van der Waals surface area (Å²) in [6, 6.07) is 24.7. The minimum absolute atomic E-state index is 0.0352. The van der Waals surface area contributed by atoms with E-state index >= 15 is 0 Å². The van der Waals surface area contributed by atoms with E-state index in [0.717, 1.165) is 38.5 Å². The van der Waals surface area contributed by atoms with Crippen LogP contribution in [0.15, 0.2) is 83.8 Å². The van der Waals surface area contributed by atoms with Crippen molar-refractivity contribution in [2.75, 3.05) is 0 Å². The van der Waals surface area contributed by atoms with E-state index in [1.807, 2.05) is 66.7 Å². The highest BCUT2D eigenvalue weighted by Crippen LogP contribution is 2.39. The SMILES string of the molecule is O=[N+]([O-])c1ccc2ccccc2c1OSc1ccc2ccccc2c1. The van der Waals surface area contributed by atoms with Crippen molar-refractivity contribution in [2.45, 2.75) is 4.90 Å². The molecule has 5 heteroatoms. The number of rotatable bonds is 4. The Morgan fingerprint density at radius 2 is 1.48 bits per heavy atom. The number of hydrogen-bond donors (Lipinski definition) is 0. The summed E-state index contributed by atoms with van der Waals surface area (Å²) in [4.78, 5) is 11.8. The van der Waals surface area contributed by atoms with Gasteiger partial charge in [-0.25, -0.2) is 0 Å². The Labute approximate surface area is 148 Å². The highest BCUT2D eigenvalue weighted by Gasteiger charge is 2.19. The van der Waals surface area contributed by atoms with Crippen LogP contribution in [0.3, 0.4) is 0 Å². The topological polar surface area (TPSA) is 52.4 Å². The second-order valence-electron chi connectivity index (χ2n) is 5.57. The van der Waals surface area contributed by atoms with Gasteiger partial charge in [0.25, 0.3) is 0 Å². The van der Waals surface area contributed by atoms with E-state index in [4.69, 9.17) is 4.18 Å². The van der Waals surface area contributed by atoms with Crippen molar-refractivity contribution in [3.05, 3.63) is 89.0 Å². The van der Waals surface area contributed by atoms with E-state index in [0.29, 0.717) is 0 Å². The monoisotopic (exact) mass is 347 g/mol. The maximum Gasteiger partial charge on any atom is 0.313 e. The molecule has 0 saturated heterocycles. The molecule has 0 saturated carbocycles. The molecule has 0 bridgehead atoms. The number of benzene rings is 4. The van der Waals surface area contributed by atoms with E-state index in [1.54, 1.807) is 6.07 Å². The first kappa shape index (κ1) is 15.5. The van der Waals surface area contributed by atoms with Gasteiger partial charge in [0.15, 0.2) is 0 Å². The molecule has 4 aromatic rings. The maximum atomic E-state index is 11.4. The van der Waals surface area contributed by atoms with E-state index in [-0.39, 0.29) is 11.4 Å². The molecule has 0 heterocycles. The van der Waals surface area contributed by atoms with Crippen LogP contribution in [-0.4, -0.2) is 4.92 Å². The lowest BCUT2D eigenvalue weighted by Gasteiger charge is -2.09. The second kappa shape index (κ2) is 6.45. The summed E-state index contributed by atoms with van der Waals surface area (Å²) in [6.07, 6.45) is 0. The van der Waals surface area contributed by atoms with Gasteiger partial charge in [0, 0.05) is 16.3 Å². The summed E-state index contributed by atoms with van der Waals surface area (Å²) in [5, 5.41) is 15.2. The molecule has 0 aliphatic carbocycles. The predicted octanol–water partition coefficient (Wildman–Crippen LogP) is 5.99. The van der Waals surface area contributed by atoms with Crippen molar-refractivity contribution in [1.82, 2.24) is 0 Å². The van der Waals surface area contributed by atoms with E-state index in [2.05, 4.69) is 0 Å². The highest BCUT2D eigenvalue weighted by atomic mass is 32.2. The van der Waals surface area contributed by atoms with Crippen molar-refractivity contribution in [3.8, 4) is 5.75 Å². The second-order valence-corrected chi connectivity index (χ2v) is 6.37. The Morgan fingerprint density at radius 3 is 2.28 bits per heavy atom. The van der Waals surface area contributed by atoms with Gasteiger partial charge in [0.05, 0.1) is 17.0 Å². The lowest BCUT2D eigenvalue weighted by molar-refractivity contribution is -0.385. The average Bonchev–Trinajstić information content (AvgIpc) is 2.65. The van der Waals surface area contributed by atoms with Crippen LogP contribution in [0.2, 0.25) is 0 Å². The van der Waals surface area contributed by atoms with E-state index in [1.165, 1.54) is 6.07 Å². The molecular weight excluding hydrogens is 334 g/mol. The van der Waals surface area contributed by atoms with Crippen LogP contribution >= 0.6 is 12.0 Å². The van der Waals surface area contributed by atoms with Crippen molar-refractivity contribution in [3.63, 3.8) is 0 Å². The highest BCUT2D eigenvalue weighted by molar-refractivity contribution is 7.95. The largest absolute Gasteiger partial charge is 0.413 e. The summed E-state index contributed by atoms with van der Waals surface area (Å²) in [7, 11) is 0. The molecule has 0 fully saturated rings. The lowest BCUT2D eigenvalue weighted by Crippen LogP contribution is -1.93. The molecule has 4 nitrogen and oxygen atoms in total. The molecule has 4 rings (SSSR count). The Kier molecular flexibility index (Phi) is 3.99. The van der Waals surface area contributed by atoms with Crippen LogP contribution in [0.4, 0.5) is 5.69 Å². The Bertz CT molecular complexity index is 1090. The number of hydrogen-bond acceptors (Lipinski definition) is 4. The first-order chi connectivity index (χ1) is 12.2. The number of nitrogens with zero attached hydrogens (tertiary/aromatic N) is 1. The smallest absolute Gasteiger partial charge is 0.313 e. The van der Waals surface area contributed by atoms with Gasteiger partial charge in [-0.3, -0.25) is 10.1 Å². The zero-order valence-corrected chi connectivity index (χ0v) is 13.9. The molecule has 0 amide bonds. The molecule has 0 aliphatic rings. The van der Waals surface area contributed by atoms with Gasteiger partial charge in [0.1, 0.15) is 0 Å². The molecule has 0 N–H and O–H groups in total. The molecule has 122 valence electrons. The normalized spacial score (nSPS) is 10.9. The predicted molar refractivity (Wildman–Crippen MR) is 101 cm³/mol. The summed E-state index contributed by atoms with van der Waals surface area (Å²) < 4.78 is 5.82. The van der Waals surface area contributed by atoms with Crippen LogP contribution in [0.25, 0.3) is 21.5 Å². The van der Waals surface area contributed by atoms with Gasteiger partial charge in [-0.05, 0) is 34.4 Å². The summed E-state index contributed by atoms with van der Waals surface area (Å²) >= 11 is 1.13. The van der Waals surface area contributed by atoms with Crippen LogP contribution in [0.5, 0.6) is 5.75 Å². The molecule has 0 aliphatic heterocycles. The quantitative estimate of drug-likeness (QED) is 0.258. The van der Waals surface area contributed by atoms with Gasteiger partial charge in [0.2, 0.25) is 5.75 Å². The zero-order chi connectivity index (χ0) is 17.2. The Hall–Kier alpha value is -3.05. The Balaban J connectivity index is 1.71. The third-order valence-corrected chi connectivity index (χ3v) is 4.69. The van der Waals surface area contributed by atoms with Crippen molar-refractivity contribution < 1.29 is 9.11 Å². The van der Waals surface area contributed by atoms with Crippen LogP contribution in [-0.2, 0) is 0 Å². The molecule has 0 radical (unpaired) electrons. The summed E-state index contributed by atoms with van der Waals surface area (Å²) in [5.41, 5.74) is -0.0352. The fraction of sp³-hybridized carbons (Fsp3) is 0. The van der Waals surface area contributed by atoms with Crippen LogP contribution in [0.1, 0.15) is 0 Å². The van der Waals surface area contributed by atoms with Crippen LogP contribution < -0.4 is 4.18 Å². The molecule has 0 aromatic heterocycles. The first-order valence-corrected chi connectivity index (χ1v) is 8.46. The van der Waals surface area contributed by atoms with Crippen LogP contribution in [0, 0.1) is 10.1 Å². The van der Waals surface area contributed by atoms with Gasteiger partial charge >= 0.3 is 5.69 Å². The van der Waals surface area contributed by atoms with Crippen molar-refractivity contribution in [2.24, 2.45) is 0 Å². The summed E-state index contributed by atoms with van der Waals surface area (Å²) in [5.74, 6) is 0.279. The minimum atomic E-state index is -0.414. The zero-order valence-electron chi connectivity index (χ0n) is 13.1. The number of nitro groups is 1.